The molecule has 21 heavy (non-hydrogen) atoms. The fourth-order valence-corrected chi connectivity index (χ4v) is 4.52. The van der Waals surface area contributed by atoms with Gasteiger partial charge in [-0.25, -0.2) is 8.42 Å². The molecule has 1 aromatic carbocycles. The second kappa shape index (κ2) is 5.65. The Bertz CT molecular complexity index is 647. The van der Waals surface area contributed by atoms with Crippen LogP contribution in [0, 0.1) is 13.8 Å². The third-order valence-electron chi connectivity index (χ3n) is 3.72. The molecular formula is C14H21N3O3S. The number of hydrogen-bond acceptors (Lipinski definition) is 4. The normalized spacial score (nSPS) is 17.9. The number of hydrogen-bond donors (Lipinski definition) is 1. The van der Waals surface area contributed by atoms with E-state index in [-0.39, 0.29) is 17.3 Å². The fraction of sp³-hybridized carbons (Fsp3) is 0.500. The molecule has 0 unspecified atom stereocenters. The van der Waals surface area contributed by atoms with Crippen LogP contribution in [0.15, 0.2) is 17.0 Å². The Hall–Kier alpha value is -1.60. The molecule has 0 saturated carbocycles. The topological polar surface area (TPSA) is 83.7 Å². The molecule has 0 spiro atoms. The summed E-state index contributed by atoms with van der Waals surface area (Å²) in [6.45, 7) is 4.26. The average molecular weight is 311 g/mol. The van der Waals surface area contributed by atoms with Crippen molar-refractivity contribution in [1.29, 1.82) is 0 Å². The highest BCUT2D eigenvalue weighted by Crippen LogP contribution is 2.26. The predicted octanol–water partition coefficient (Wildman–Crippen LogP) is 0.738. The molecule has 1 saturated heterocycles. The smallest absolute Gasteiger partial charge is 0.244 e. The van der Waals surface area contributed by atoms with Crippen molar-refractivity contribution in [2.45, 2.75) is 25.2 Å². The summed E-state index contributed by atoms with van der Waals surface area (Å²) in [4.78, 5) is 13.8. The molecule has 1 aromatic rings. The molecule has 1 aliphatic rings. The highest BCUT2D eigenvalue weighted by Gasteiger charge is 2.31. The van der Waals surface area contributed by atoms with E-state index in [2.05, 4.69) is 0 Å². The van der Waals surface area contributed by atoms with E-state index in [0.717, 1.165) is 0 Å². The monoisotopic (exact) mass is 311 g/mol. The fourth-order valence-electron chi connectivity index (χ4n) is 2.68. The standard InChI is InChI=1S/C14H21N3O3S/c1-10-7-12(15)8-11(2)14(10)21(19,20)17-6-4-5-16(3)13(18)9-17/h7-8H,4-6,9,15H2,1-3H3. The third kappa shape index (κ3) is 3.03. The van der Waals surface area contributed by atoms with E-state index in [1.54, 1.807) is 37.9 Å². The number of sulfonamides is 1. The average Bonchev–Trinajstić information content (AvgIpc) is 2.50. The van der Waals surface area contributed by atoms with Crippen LogP contribution in [0.2, 0.25) is 0 Å². The van der Waals surface area contributed by atoms with Crippen molar-refractivity contribution in [1.82, 2.24) is 9.21 Å². The van der Waals surface area contributed by atoms with Gasteiger partial charge in [0, 0.05) is 25.8 Å². The van der Waals surface area contributed by atoms with E-state index >= 15 is 0 Å². The maximum absolute atomic E-state index is 12.9. The minimum absolute atomic E-state index is 0.109. The summed E-state index contributed by atoms with van der Waals surface area (Å²) < 4.78 is 27.0. The quantitative estimate of drug-likeness (QED) is 0.817. The molecule has 2 N–H and O–H groups in total. The molecule has 1 amide bonds. The molecular weight excluding hydrogens is 290 g/mol. The van der Waals surface area contributed by atoms with E-state index in [9.17, 15) is 13.2 Å². The van der Waals surface area contributed by atoms with Gasteiger partial charge in [-0.15, -0.1) is 0 Å². The highest BCUT2D eigenvalue weighted by molar-refractivity contribution is 7.89. The summed E-state index contributed by atoms with van der Waals surface area (Å²) in [7, 11) is -2.00. The Kier molecular flexibility index (Phi) is 4.25. The molecule has 1 aliphatic heterocycles. The summed E-state index contributed by atoms with van der Waals surface area (Å²) in [5.41, 5.74) is 7.50. The molecule has 0 radical (unpaired) electrons. The van der Waals surface area contributed by atoms with Gasteiger partial charge in [-0.05, 0) is 43.5 Å². The van der Waals surface area contributed by atoms with Crippen molar-refractivity contribution in [2.75, 3.05) is 32.4 Å². The number of nitrogens with zero attached hydrogens (tertiary/aromatic N) is 2. The second-order valence-electron chi connectivity index (χ2n) is 5.49. The molecule has 1 heterocycles. The van der Waals surface area contributed by atoms with E-state index in [1.807, 2.05) is 0 Å². The number of nitrogens with two attached hydrogens (primary N) is 1. The van der Waals surface area contributed by atoms with Gasteiger partial charge < -0.3 is 10.6 Å². The molecule has 116 valence electrons. The van der Waals surface area contributed by atoms with Crippen molar-refractivity contribution in [3.8, 4) is 0 Å². The van der Waals surface area contributed by atoms with Crippen molar-refractivity contribution in [2.24, 2.45) is 0 Å². The lowest BCUT2D eigenvalue weighted by Crippen LogP contribution is -2.38. The van der Waals surface area contributed by atoms with Gasteiger partial charge in [0.25, 0.3) is 0 Å². The lowest BCUT2D eigenvalue weighted by molar-refractivity contribution is -0.129. The third-order valence-corrected chi connectivity index (χ3v) is 5.87. The van der Waals surface area contributed by atoms with Gasteiger partial charge in [-0.3, -0.25) is 4.79 Å². The molecule has 0 aliphatic carbocycles. The Morgan fingerprint density at radius 3 is 2.29 bits per heavy atom. The van der Waals surface area contributed by atoms with Crippen molar-refractivity contribution >= 4 is 21.6 Å². The van der Waals surface area contributed by atoms with E-state index in [1.165, 1.54) is 4.31 Å². The van der Waals surface area contributed by atoms with E-state index in [0.29, 0.717) is 36.3 Å². The number of benzene rings is 1. The van der Waals surface area contributed by atoms with E-state index in [4.69, 9.17) is 5.73 Å². The van der Waals surface area contributed by atoms with Crippen molar-refractivity contribution in [3.05, 3.63) is 23.3 Å². The lowest BCUT2D eigenvalue weighted by atomic mass is 10.1. The van der Waals surface area contributed by atoms with Crippen LogP contribution < -0.4 is 5.73 Å². The number of amides is 1. The predicted molar refractivity (Wildman–Crippen MR) is 81.3 cm³/mol. The van der Waals surface area contributed by atoms with E-state index < -0.39 is 10.0 Å². The Labute approximate surface area is 125 Å². The summed E-state index contributed by atoms with van der Waals surface area (Å²) in [5, 5.41) is 0. The van der Waals surface area contributed by atoms with Gasteiger partial charge in [-0.2, -0.15) is 4.31 Å². The van der Waals surface area contributed by atoms with Crippen LogP contribution in [0.5, 0.6) is 0 Å². The van der Waals surface area contributed by atoms with Crippen LogP contribution in [-0.2, 0) is 14.8 Å². The van der Waals surface area contributed by atoms with Crippen LogP contribution in [0.1, 0.15) is 17.5 Å². The van der Waals surface area contributed by atoms with Gasteiger partial charge in [0.2, 0.25) is 15.9 Å². The second-order valence-corrected chi connectivity index (χ2v) is 7.37. The highest BCUT2D eigenvalue weighted by atomic mass is 32.2. The van der Waals surface area contributed by atoms with Crippen LogP contribution in [0.25, 0.3) is 0 Å². The summed E-state index contributed by atoms with van der Waals surface area (Å²) >= 11 is 0. The van der Waals surface area contributed by atoms with Crippen LogP contribution in [-0.4, -0.2) is 50.2 Å². The number of likely N-dealkylation sites (N-methyl/N-ethyl adjacent to an activating group) is 1. The first-order chi connectivity index (χ1) is 9.73. The number of carbonyl (C=O) groups is 1. The maximum atomic E-state index is 12.9. The zero-order valence-corrected chi connectivity index (χ0v) is 13.4. The first kappa shape index (κ1) is 15.8. The van der Waals surface area contributed by atoms with Crippen LogP contribution in [0.3, 0.4) is 0 Å². The maximum Gasteiger partial charge on any atom is 0.244 e. The molecule has 6 nitrogen and oxygen atoms in total. The number of nitrogen functional groups attached to an aromatic ring is 1. The van der Waals surface area contributed by atoms with Crippen LogP contribution in [0.4, 0.5) is 5.69 Å². The Morgan fingerprint density at radius 2 is 1.71 bits per heavy atom. The van der Waals surface area contributed by atoms with Gasteiger partial charge in [-0.1, -0.05) is 0 Å². The zero-order valence-electron chi connectivity index (χ0n) is 12.6. The molecule has 2 rings (SSSR count). The SMILES string of the molecule is Cc1cc(N)cc(C)c1S(=O)(=O)N1CCCN(C)C(=O)C1. The Balaban J connectivity index is 2.45. The largest absolute Gasteiger partial charge is 0.399 e. The molecule has 7 heteroatoms. The first-order valence-corrected chi connectivity index (χ1v) is 8.28. The number of anilines is 1. The minimum Gasteiger partial charge on any atom is -0.399 e. The molecule has 1 fully saturated rings. The number of rotatable bonds is 2. The van der Waals surface area contributed by atoms with Crippen molar-refractivity contribution < 1.29 is 13.2 Å². The summed E-state index contributed by atoms with van der Waals surface area (Å²) in [6.07, 6.45) is 0.633. The summed E-state index contributed by atoms with van der Waals surface area (Å²) in [5.74, 6) is -0.179. The first-order valence-electron chi connectivity index (χ1n) is 6.84. The van der Waals surface area contributed by atoms with Crippen LogP contribution >= 0.6 is 0 Å². The Morgan fingerprint density at radius 1 is 1.14 bits per heavy atom. The molecule has 0 aromatic heterocycles. The zero-order chi connectivity index (χ0) is 15.8. The minimum atomic E-state index is -3.69. The summed E-state index contributed by atoms with van der Waals surface area (Å²) in [6, 6.07) is 3.29. The van der Waals surface area contributed by atoms with Gasteiger partial charge in [0.05, 0.1) is 11.4 Å². The van der Waals surface area contributed by atoms with Gasteiger partial charge >= 0.3 is 0 Å². The van der Waals surface area contributed by atoms with Gasteiger partial charge in [0.15, 0.2) is 0 Å². The number of carbonyl (C=O) groups excluding carboxylic acids is 1. The van der Waals surface area contributed by atoms with Crippen molar-refractivity contribution in [3.63, 3.8) is 0 Å². The van der Waals surface area contributed by atoms with Gasteiger partial charge in [0.1, 0.15) is 0 Å². The number of aryl methyl sites for hydroxylation is 2. The lowest BCUT2D eigenvalue weighted by Gasteiger charge is -2.22. The molecule has 0 atom stereocenters. The molecule has 0 bridgehead atoms.